The van der Waals surface area contributed by atoms with Crippen LogP contribution in [0.1, 0.15) is 5.56 Å². The normalized spacial score (nSPS) is 14.3. The quantitative estimate of drug-likeness (QED) is 0.461. The topological polar surface area (TPSA) is 26.0 Å². The molecule has 126 valence electrons. The van der Waals surface area contributed by atoms with Crippen molar-refractivity contribution in [1.29, 1.82) is 0 Å². The fraction of sp³-hybridized carbons (Fsp3) is 0.455. The molecule has 0 spiro atoms. The van der Waals surface area contributed by atoms with Crippen molar-refractivity contribution in [3.8, 4) is 0 Å². The number of benzene rings is 1. The van der Waals surface area contributed by atoms with Gasteiger partial charge in [-0.3, -0.25) is 0 Å². The highest BCUT2D eigenvalue weighted by Gasteiger charge is 2.82. The second-order valence-corrected chi connectivity index (χ2v) is 5.47. The van der Waals surface area contributed by atoms with E-state index >= 15 is 0 Å². The van der Waals surface area contributed by atoms with Crippen LogP contribution < -0.4 is 5.73 Å². The van der Waals surface area contributed by atoms with Gasteiger partial charge in [-0.25, -0.2) is 0 Å². The highest BCUT2D eigenvalue weighted by Crippen LogP contribution is 2.57. The van der Waals surface area contributed by atoms with Gasteiger partial charge in [0.05, 0.1) is 0 Å². The highest BCUT2D eigenvalue weighted by molar-refractivity contribution is 8.00. The van der Waals surface area contributed by atoms with E-state index in [2.05, 4.69) is 0 Å². The molecule has 1 aromatic rings. The maximum absolute atomic E-state index is 13.3. The van der Waals surface area contributed by atoms with Gasteiger partial charge in [-0.1, -0.05) is 0 Å². The van der Waals surface area contributed by atoms with Gasteiger partial charge in [-0.15, -0.1) is 0 Å². The van der Waals surface area contributed by atoms with E-state index in [4.69, 9.17) is 5.73 Å². The van der Waals surface area contributed by atoms with Gasteiger partial charge in [0, 0.05) is 10.6 Å². The van der Waals surface area contributed by atoms with E-state index in [0.29, 0.717) is 0 Å². The molecule has 0 aliphatic carbocycles. The summed E-state index contributed by atoms with van der Waals surface area (Å²) < 4.78 is 114. The first-order valence-electron chi connectivity index (χ1n) is 5.39. The van der Waals surface area contributed by atoms with E-state index in [1.807, 2.05) is 0 Å². The summed E-state index contributed by atoms with van der Waals surface area (Å²) in [6.45, 7) is 1.32. The average Bonchev–Trinajstić information content (AvgIpc) is 2.31. The van der Waals surface area contributed by atoms with Gasteiger partial charge < -0.3 is 5.73 Å². The second-order valence-electron chi connectivity index (χ2n) is 4.28. The van der Waals surface area contributed by atoms with Crippen LogP contribution in [0.2, 0.25) is 0 Å². The summed E-state index contributed by atoms with van der Waals surface area (Å²) in [6.07, 6.45) is -6.82. The zero-order valence-corrected chi connectivity index (χ0v) is 11.4. The summed E-state index contributed by atoms with van der Waals surface area (Å²) in [5, 5.41) is -5.70. The zero-order chi connectivity index (χ0) is 17.6. The van der Waals surface area contributed by atoms with Crippen LogP contribution in [0.3, 0.4) is 0 Å². The average molecular weight is 357 g/mol. The Morgan fingerprint density at radius 2 is 1.36 bits per heavy atom. The summed E-state index contributed by atoms with van der Waals surface area (Å²) >= 11 is -1.10. The van der Waals surface area contributed by atoms with Gasteiger partial charge in [0.2, 0.25) is 0 Å². The first-order valence-corrected chi connectivity index (χ1v) is 6.20. The van der Waals surface area contributed by atoms with Gasteiger partial charge in [0.15, 0.2) is 0 Å². The van der Waals surface area contributed by atoms with Crippen molar-refractivity contribution >= 4 is 17.4 Å². The molecule has 0 amide bonds. The van der Waals surface area contributed by atoms with Crippen molar-refractivity contribution in [2.45, 2.75) is 35.1 Å². The molecule has 0 fully saturated rings. The van der Waals surface area contributed by atoms with Crippen LogP contribution in [-0.2, 0) is 0 Å². The molecule has 1 aromatic carbocycles. The van der Waals surface area contributed by atoms with Crippen LogP contribution in [-0.4, -0.2) is 23.3 Å². The van der Waals surface area contributed by atoms with Gasteiger partial charge in [-0.05, 0) is 42.4 Å². The Bertz CT molecular complexity index is 553. The molecule has 0 saturated carbocycles. The lowest BCUT2D eigenvalue weighted by Crippen LogP contribution is -2.59. The molecule has 22 heavy (non-hydrogen) atoms. The molecule has 1 rings (SSSR count). The molecule has 11 heteroatoms. The molecule has 0 bridgehead atoms. The molecule has 0 aromatic heterocycles. The molecule has 0 aliphatic heterocycles. The second kappa shape index (κ2) is 5.43. The number of aryl methyl sites for hydroxylation is 1. The summed E-state index contributed by atoms with van der Waals surface area (Å²) in [4.78, 5) is -0.630. The standard InChI is InChI=1S/C11H8F9NS/c1-5-4-6(2-3-7(5)21)22-11(19,20)9(14,15)8(12,13)10(16,17)18/h2-4H,21H2,1H3. The Kier molecular flexibility index (Phi) is 4.63. The van der Waals surface area contributed by atoms with Gasteiger partial charge in [-0.2, -0.15) is 39.5 Å². The third kappa shape index (κ3) is 3.08. The molecule has 2 N–H and O–H groups in total. The van der Waals surface area contributed by atoms with Gasteiger partial charge in [0.1, 0.15) is 0 Å². The lowest BCUT2D eigenvalue weighted by atomic mass is 10.1. The summed E-state index contributed by atoms with van der Waals surface area (Å²) in [5.41, 5.74) is 5.63. The third-order valence-corrected chi connectivity index (χ3v) is 3.61. The smallest absolute Gasteiger partial charge is 0.399 e. The largest absolute Gasteiger partial charge is 0.460 e. The van der Waals surface area contributed by atoms with E-state index < -0.39 is 39.9 Å². The number of hydrogen-bond donors (Lipinski definition) is 1. The number of nitrogen functional groups attached to an aromatic ring is 1. The minimum atomic E-state index is -6.89. The SMILES string of the molecule is Cc1cc(SC(F)(F)C(F)(F)C(F)(F)C(F)(F)F)ccc1N. The lowest BCUT2D eigenvalue weighted by Gasteiger charge is -2.33. The molecule has 0 radical (unpaired) electrons. The van der Waals surface area contributed by atoms with Crippen molar-refractivity contribution in [3.05, 3.63) is 23.8 Å². The van der Waals surface area contributed by atoms with E-state index in [9.17, 15) is 39.5 Å². The maximum Gasteiger partial charge on any atom is 0.460 e. The number of rotatable bonds is 4. The Morgan fingerprint density at radius 3 is 1.77 bits per heavy atom. The van der Waals surface area contributed by atoms with Crippen LogP contribution in [0.5, 0.6) is 0 Å². The van der Waals surface area contributed by atoms with Crippen molar-refractivity contribution in [2.24, 2.45) is 0 Å². The Morgan fingerprint density at radius 1 is 0.864 bits per heavy atom. The minimum Gasteiger partial charge on any atom is -0.399 e. The first kappa shape index (κ1) is 18.8. The number of thioether (sulfide) groups is 1. The van der Waals surface area contributed by atoms with Crippen molar-refractivity contribution in [3.63, 3.8) is 0 Å². The van der Waals surface area contributed by atoms with Crippen LogP contribution in [0, 0.1) is 6.92 Å². The van der Waals surface area contributed by atoms with Crippen molar-refractivity contribution in [1.82, 2.24) is 0 Å². The number of halogens is 9. The Labute approximate surface area is 122 Å². The Hall–Kier alpha value is -1.26. The monoisotopic (exact) mass is 357 g/mol. The van der Waals surface area contributed by atoms with E-state index in [1.54, 1.807) is 0 Å². The zero-order valence-electron chi connectivity index (χ0n) is 10.6. The number of nitrogens with two attached hydrogens (primary N) is 1. The molecule has 0 saturated heterocycles. The number of hydrogen-bond acceptors (Lipinski definition) is 2. The summed E-state index contributed by atoms with van der Waals surface area (Å²) in [7, 11) is 0. The van der Waals surface area contributed by atoms with Gasteiger partial charge in [0.25, 0.3) is 0 Å². The van der Waals surface area contributed by atoms with E-state index in [-0.39, 0.29) is 11.3 Å². The number of alkyl halides is 9. The molecular formula is C11H8F9NS. The summed E-state index contributed by atoms with van der Waals surface area (Å²) in [5.74, 6) is -13.5. The van der Waals surface area contributed by atoms with Crippen molar-refractivity contribution in [2.75, 3.05) is 5.73 Å². The molecular weight excluding hydrogens is 349 g/mol. The van der Waals surface area contributed by atoms with Crippen LogP contribution >= 0.6 is 11.8 Å². The molecule has 0 unspecified atom stereocenters. The highest BCUT2D eigenvalue weighted by atomic mass is 32.2. The summed E-state index contributed by atoms with van der Waals surface area (Å²) in [6, 6.07) is 2.71. The fourth-order valence-corrected chi connectivity index (χ4v) is 2.21. The Balaban J connectivity index is 3.18. The van der Waals surface area contributed by atoms with Gasteiger partial charge >= 0.3 is 23.3 Å². The molecule has 0 aliphatic rings. The van der Waals surface area contributed by atoms with E-state index in [0.717, 1.165) is 18.2 Å². The van der Waals surface area contributed by atoms with Crippen LogP contribution in [0.15, 0.2) is 23.1 Å². The van der Waals surface area contributed by atoms with Crippen molar-refractivity contribution < 1.29 is 39.5 Å². The van der Waals surface area contributed by atoms with Crippen LogP contribution in [0.4, 0.5) is 45.2 Å². The first-order chi connectivity index (χ1) is 9.63. The molecule has 1 nitrogen and oxygen atoms in total. The molecule has 0 heterocycles. The number of anilines is 1. The minimum absolute atomic E-state index is 0.111. The fourth-order valence-electron chi connectivity index (χ4n) is 1.28. The predicted molar refractivity (Wildman–Crippen MR) is 62.3 cm³/mol. The van der Waals surface area contributed by atoms with Crippen LogP contribution in [0.25, 0.3) is 0 Å². The lowest BCUT2D eigenvalue weighted by molar-refractivity contribution is -0.381. The molecule has 0 atom stereocenters. The maximum atomic E-state index is 13.3. The van der Waals surface area contributed by atoms with E-state index in [1.165, 1.54) is 6.92 Å². The predicted octanol–water partition coefficient (Wildman–Crippen LogP) is 5.10. The third-order valence-electron chi connectivity index (χ3n) is 2.60.